The fraction of sp³-hybridized carbons (Fsp3) is 0.462. The number of hydrogen-bond donors (Lipinski definition) is 1. The van der Waals surface area contributed by atoms with Gasteiger partial charge in [-0.05, 0) is 38.0 Å². The summed E-state index contributed by atoms with van der Waals surface area (Å²) in [5.74, 6) is -0.463. The molecule has 18 heavy (non-hydrogen) atoms. The first-order chi connectivity index (χ1) is 8.56. The Balaban J connectivity index is 1.93. The molecule has 0 bridgehead atoms. The smallest absolute Gasteiger partial charge is 0.339 e. The van der Waals surface area contributed by atoms with E-state index in [0.29, 0.717) is 16.3 Å². The highest BCUT2D eigenvalue weighted by molar-refractivity contribution is 6.33. The highest BCUT2D eigenvalue weighted by Crippen LogP contribution is 2.22. The van der Waals surface area contributed by atoms with E-state index in [9.17, 15) is 4.79 Å². The van der Waals surface area contributed by atoms with Crippen molar-refractivity contribution < 1.29 is 14.3 Å². The van der Waals surface area contributed by atoms with Crippen LogP contribution in [0.25, 0.3) is 0 Å². The van der Waals surface area contributed by atoms with Gasteiger partial charge in [0.2, 0.25) is 0 Å². The van der Waals surface area contributed by atoms with Crippen LogP contribution in [0.3, 0.4) is 0 Å². The van der Waals surface area contributed by atoms with E-state index in [1.165, 1.54) is 6.07 Å². The number of nitrogens with two attached hydrogens (primary N) is 1. The van der Waals surface area contributed by atoms with Crippen LogP contribution in [0, 0.1) is 0 Å². The van der Waals surface area contributed by atoms with E-state index in [-0.39, 0.29) is 18.8 Å². The Kier molecular flexibility index (Phi) is 4.09. The van der Waals surface area contributed by atoms with Crippen molar-refractivity contribution in [1.82, 2.24) is 0 Å². The third kappa shape index (κ3) is 3.15. The predicted octanol–water partition coefficient (Wildman–Crippen LogP) is 2.65. The minimum absolute atomic E-state index is 0.0104. The standard InChI is InChI=1S/C13H16ClNO3/c1-8-2-4-10(18-8)7-17-13(16)11-6-9(15)3-5-12(11)14/h3,5-6,8,10H,2,4,7,15H2,1H3. The number of benzene rings is 1. The Hall–Kier alpha value is -1.26. The Morgan fingerprint density at radius 2 is 2.33 bits per heavy atom. The maximum atomic E-state index is 11.8. The van der Waals surface area contributed by atoms with E-state index < -0.39 is 5.97 Å². The average Bonchev–Trinajstić information content (AvgIpc) is 2.75. The van der Waals surface area contributed by atoms with E-state index in [4.69, 9.17) is 26.8 Å². The maximum absolute atomic E-state index is 11.8. The van der Waals surface area contributed by atoms with Gasteiger partial charge in [0, 0.05) is 5.69 Å². The number of esters is 1. The normalized spacial score (nSPS) is 23.0. The zero-order chi connectivity index (χ0) is 13.1. The van der Waals surface area contributed by atoms with Crippen LogP contribution in [-0.2, 0) is 9.47 Å². The lowest BCUT2D eigenvalue weighted by atomic mass is 10.2. The summed E-state index contributed by atoms with van der Waals surface area (Å²) >= 11 is 5.92. The van der Waals surface area contributed by atoms with Gasteiger partial charge in [0.15, 0.2) is 0 Å². The van der Waals surface area contributed by atoms with Crippen LogP contribution < -0.4 is 5.73 Å². The number of carbonyl (C=O) groups is 1. The molecular formula is C13H16ClNO3. The van der Waals surface area contributed by atoms with Crippen LogP contribution in [0.15, 0.2) is 18.2 Å². The Morgan fingerprint density at radius 3 is 3.00 bits per heavy atom. The van der Waals surface area contributed by atoms with Gasteiger partial charge in [-0.2, -0.15) is 0 Å². The van der Waals surface area contributed by atoms with Gasteiger partial charge in [-0.1, -0.05) is 11.6 Å². The molecule has 4 nitrogen and oxygen atoms in total. The SMILES string of the molecule is CC1CCC(COC(=O)c2cc(N)ccc2Cl)O1. The predicted molar refractivity (Wildman–Crippen MR) is 69.7 cm³/mol. The van der Waals surface area contributed by atoms with Crippen LogP contribution >= 0.6 is 11.6 Å². The molecule has 1 fully saturated rings. The van der Waals surface area contributed by atoms with Gasteiger partial charge in [0.05, 0.1) is 22.8 Å². The van der Waals surface area contributed by atoms with Crippen molar-refractivity contribution in [2.75, 3.05) is 12.3 Å². The first-order valence-corrected chi connectivity index (χ1v) is 6.31. The summed E-state index contributed by atoms with van der Waals surface area (Å²) in [6, 6.07) is 4.74. The van der Waals surface area contributed by atoms with Crippen molar-refractivity contribution in [3.8, 4) is 0 Å². The number of hydrogen-bond acceptors (Lipinski definition) is 4. The average molecular weight is 270 g/mol. The van der Waals surface area contributed by atoms with Crippen LogP contribution in [0.4, 0.5) is 5.69 Å². The molecule has 0 aliphatic carbocycles. The van der Waals surface area contributed by atoms with Crippen LogP contribution in [0.2, 0.25) is 5.02 Å². The fourth-order valence-electron chi connectivity index (χ4n) is 1.95. The molecule has 1 aliphatic heterocycles. The van der Waals surface area contributed by atoms with E-state index in [2.05, 4.69) is 0 Å². The second-order valence-electron chi connectivity index (χ2n) is 4.48. The van der Waals surface area contributed by atoms with Crippen molar-refractivity contribution in [2.45, 2.75) is 32.0 Å². The van der Waals surface area contributed by atoms with Crippen LogP contribution in [0.5, 0.6) is 0 Å². The number of anilines is 1. The van der Waals surface area contributed by atoms with Gasteiger partial charge in [0.25, 0.3) is 0 Å². The summed E-state index contributed by atoms with van der Waals surface area (Å²) in [6.45, 7) is 2.27. The molecule has 1 saturated heterocycles. The van der Waals surface area contributed by atoms with Gasteiger partial charge in [0.1, 0.15) is 6.61 Å². The lowest BCUT2D eigenvalue weighted by molar-refractivity contribution is -0.00264. The summed E-state index contributed by atoms with van der Waals surface area (Å²) in [5.41, 5.74) is 6.39. The highest BCUT2D eigenvalue weighted by atomic mass is 35.5. The molecule has 1 aliphatic rings. The second-order valence-corrected chi connectivity index (χ2v) is 4.89. The summed E-state index contributed by atoms with van der Waals surface area (Å²) in [6.07, 6.45) is 2.15. The quantitative estimate of drug-likeness (QED) is 0.677. The first kappa shape index (κ1) is 13.2. The van der Waals surface area contributed by atoms with Gasteiger partial charge >= 0.3 is 5.97 Å². The minimum atomic E-state index is -0.463. The van der Waals surface area contributed by atoms with Gasteiger partial charge < -0.3 is 15.2 Å². The third-order valence-corrected chi connectivity index (χ3v) is 3.26. The summed E-state index contributed by atoms with van der Waals surface area (Å²) in [5, 5.41) is 0.343. The Labute approximate surface area is 111 Å². The number of nitrogen functional groups attached to an aromatic ring is 1. The van der Waals surface area contributed by atoms with Crippen molar-refractivity contribution in [3.63, 3.8) is 0 Å². The first-order valence-electron chi connectivity index (χ1n) is 5.94. The molecule has 0 spiro atoms. The van der Waals surface area contributed by atoms with E-state index in [1.54, 1.807) is 12.1 Å². The van der Waals surface area contributed by atoms with E-state index in [1.807, 2.05) is 6.92 Å². The summed E-state index contributed by atoms with van der Waals surface area (Å²) in [7, 11) is 0. The fourth-order valence-corrected chi connectivity index (χ4v) is 2.15. The molecule has 0 aromatic heterocycles. The molecule has 98 valence electrons. The molecular weight excluding hydrogens is 254 g/mol. The number of carbonyl (C=O) groups excluding carboxylic acids is 1. The van der Waals surface area contributed by atoms with Crippen molar-refractivity contribution >= 4 is 23.3 Å². The van der Waals surface area contributed by atoms with E-state index >= 15 is 0 Å². The van der Waals surface area contributed by atoms with Crippen LogP contribution in [-0.4, -0.2) is 24.8 Å². The largest absolute Gasteiger partial charge is 0.459 e. The van der Waals surface area contributed by atoms with Gasteiger partial charge in [-0.3, -0.25) is 0 Å². The van der Waals surface area contributed by atoms with E-state index in [0.717, 1.165) is 12.8 Å². The Bertz CT molecular complexity index is 450. The van der Waals surface area contributed by atoms with Gasteiger partial charge in [-0.15, -0.1) is 0 Å². The van der Waals surface area contributed by atoms with Crippen LogP contribution in [0.1, 0.15) is 30.1 Å². The topological polar surface area (TPSA) is 61.5 Å². The zero-order valence-electron chi connectivity index (χ0n) is 10.2. The lowest BCUT2D eigenvalue weighted by Gasteiger charge is -2.12. The number of ether oxygens (including phenoxy) is 2. The molecule has 1 heterocycles. The molecule has 1 aromatic carbocycles. The molecule has 0 saturated carbocycles. The van der Waals surface area contributed by atoms with Crippen molar-refractivity contribution in [3.05, 3.63) is 28.8 Å². The van der Waals surface area contributed by atoms with Crippen molar-refractivity contribution in [1.29, 1.82) is 0 Å². The molecule has 2 atom stereocenters. The molecule has 2 N–H and O–H groups in total. The third-order valence-electron chi connectivity index (χ3n) is 2.93. The Morgan fingerprint density at radius 1 is 1.56 bits per heavy atom. The number of rotatable bonds is 3. The lowest BCUT2D eigenvalue weighted by Crippen LogP contribution is -2.19. The minimum Gasteiger partial charge on any atom is -0.459 e. The maximum Gasteiger partial charge on any atom is 0.339 e. The molecule has 0 amide bonds. The summed E-state index contributed by atoms with van der Waals surface area (Å²) < 4.78 is 10.8. The molecule has 1 aromatic rings. The monoisotopic (exact) mass is 269 g/mol. The zero-order valence-corrected chi connectivity index (χ0v) is 10.9. The van der Waals surface area contributed by atoms with Crippen molar-refractivity contribution in [2.24, 2.45) is 0 Å². The molecule has 2 unspecified atom stereocenters. The summed E-state index contributed by atoms with van der Waals surface area (Å²) in [4.78, 5) is 11.8. The molecule has 5 heteroatoms. The molecule has 0 radical (unpaired) electrons. The second kappa shape index (κ2) is 5.59. The molecule has 2 rings (SSSR count). The highest BCUT2D eigenvalue weighted by Gasteiger charge is 2.23. The van der Waals surface area contributed by atoms with Gasteiger partial charge in [-0.25, -0.2) is 4.79 Å². The number of halogens is 1.